The van der Waals surface area contributed by atoms with Gasteiger partial charge in [-0.25, -0.2) is 5.14 Å². The van der Waals surface area contributed by atoms with Crippen molar-refractivity contribution in [2.24, 2.45) is 5.14 Å². The number of nitrogens with two attached hydrogens (primary N) is 1. The summed E-state index contributed by atoms with van der Waals surface area (Å²) in [7, 11) is -3.69. The number of carbonyl (C=O) groups is 1. The van der Waals surface area contributed by atoms with E-state index in [-0.39, 0.29) is 19.0 Å². The van der Waals surface area contributed by atoms with Crippen LogP contribution in [0.15, 0.2) is 0 Å². The van der Waals surface area contributed by atoms with E-state index < -0.39 is 10.2 Å². The zero-order valence-electron chi connectivity index (χ0n) is 5.78. The second-order valence-corrected chi connectivity index (χ2v) is 3.77. The van der Waals surface area contributed by atoms with Crippen LogP contribution >= 0.6 is 0 Å². The summed E-state index contributed by atoms with van der Waals surface area (Å²) >= 11 is 0. The van der Waals surface area contributed by atoms with Gasteiger partial charge in [0.15, 0.2) is 0 Å². The van der Waals surface area contributed by atoms with Gasteiger partial charge in [-0.2, -0.15) is 12.7 Å². The number of rotatable bonds is 1. The molecule has 6 nitrogen and oxygen atoms in total. The van der Waals surface area contributed by atoms with Crippen LogP contribution in [0.2, 0.25) is 0 Å². The topological polar surface area (TPSA) is 92.5 Å². The molecule has 11 heavy (non-hydrogen) atoms. The van der Waals surface area contributed by atoms with Crippen LogP contribution in [0.4, 0.5) is 0 Å². The molecular formula is C4H9N3O3S. The van der Waals surface area contributed by atoms with Gasteiger partial charge in [0.2, 0.25) is 5.91 Å². The van der Waals surface area contributed by atoms with Crippen molar-refractivity contribution in [1.82, 2.24) is 9.62 Å². The van der Waals surface area contributed by atoms with Gasteiger partial charge in [-0.15, -0.1) is 0 Å². The number of hydrogen-bond acceptors (Lipinski definition) is 3. The van der Waals surface area contributed by atoms with Crippen molar-refractivity contribution in [2.75, 3.05) is 19.6 Å². The molecule has 0 unspecified atom stereocenters. The Bertz CT molecular complexity index is 260. The Balaban J connectivity index is 2.68. The van der Waals surface area contributed by atoms with Crippen LogP contribution < -0.4 is 10.5 Å². The molecule has 1 aliphatic heterocycles. The van der Waals surface area contributed by atoms with Crippen molar-refractivity contribution >= 4 is 16.1 Å². The van der Waals surface area contributed by atoms with E-state index in [0.29, 0.717) is 6.54 Å². The monoisotopic (exact) mass is 179 g/mol. The van der Waals surface area contributed by atoms with Gasteiger partial charge in [0.05, 0.1) is 6.54 Å². The Hall–Kier alpha value is -0.660. The predicted molar refractivity (Wildman–Crippen MR) is 37.7 cm³/mol. The molecule has 1 saturated heterocycles. The minimum Gasteiger partial charge on any atom is -0.354 e. The summed E-state index contributed by atoms with van der Waals surface area (Å²) in [5.74, 6) is -0.315. The highest BCUT2D eigenvalue weighted by Gasteiger charge is 2.23. The van der Waals surface area contributed by atoms with E-state index in [1.807, 2.05) is 0 Å². The van der Waals surface area contributed by atoms with E-state index in [2.05, 4.69) is 5.32 Å². The number of nitrogens with one attached hydrogen (secondary N) is 1. The summed E-state index contributed by atoms with van der Waals surface area (Å²) in [6.45, 7) is 0.415. The van der Waals surface area contributed by atoms with Crippen LogP contribution in [0.3, 0.4) is 0 Å². The Morgan fingerprint density at radius 2 is 2.18 bits per heavy atom. The SMILES string of the molecule is NS(=O)(=O)N1CCNC(=O)C1. The summed E-state index contributed by atoms with van der Waals surface area (Å²) in [6, 6.07) is 0. The van der Waals surface area contributed by atoms with Crippen molar-refractivity contribution in [3.63, 3.8) is 0 Å². The summed E-state index contributed by atoms with van der Waals surface area (Å²) in [6.07, 6.45) is 0. The quantitative estimate of drug-likeness (QED) is 0.471. The summed E-state index contributed by atoms with van der Waals surface area (Å²) in [4.78, 5) is 10.6. The second kappa shape index (κ2) is 2.76. The molecule has 0 atom stereocenters. The highest BCUT2D eigenvalue weighted by atomic mass is 32.2. The first-order valence-corrected chi connectivity index (χ1v) is 4.55. The molecule has 0 bridgehead atoms. The summed E-state index contributed by atoms with van der Waals surface area (Å²) in [5, 5.41) is 7.27. The van der Waals surface area contributed by atoms with Gasteiger partial charge in [0.25, 0.3) is 10.2 Å². The van der Waals surface area contributed by atoms with Crippen LogP contribution in [0.25, 0.3) is 0 Å². The lowest BCUT2D eigenvalue weighted by Crippen LogP contribution is -2.51. The Morgan fingerprint density at radius 3 is 2.55 bits per heavy atom. The first kappa shape index (κ1) is 8.44. The summed E-state index contributed by atoms with van der Waals surface area (Å²) in [5.41, 5.74) is 0. The van der Waals surface area contributed by atoms with Crippen LogP contribution in [0.5, 0.6) is 0 Å². The molecule has 0 radical (unpaired) electrons. The lowest BCUT2D eigenvalue weighted by atomic mass is 10.4. The van der Waals surface area contributed by atoms with E-state index in [1.54, 1.807) is 0 Å². The van der Waals surface area contributed by atoms with Gasteiger partial charge in [-0.1, -0.05) is 0 Å². The third-order valence-corrected chi connectivity index (χ3v) is 2.39. The van der Waals surface area contributed by atoms with Crippen molar-refractivity contribution in [3.05, 3.63) is 0 Å². The molecule has 1 heterocycles. The number of amides is 1. The van der Waals surface area contributed by atoms with Crippen LogP contribution in [0, 0.1) is 0 Å². The Labute approximate surface area is 64.5 Å². The van der Waals surface area contributed by atoms with E-state index in [1.165, 1.54) is 0 Å². The first-order chi connectivity index (χ1) is 5.00. The molecule has 1 amide bonds. The molecule has 1 aliphatic rings. The smallest absolute Gasteiger partial charge is 0.277 e. The average Bonchev–Trinajstić information content (AvgIpc) is 1.86. The predicted octanol–water partition coefficient (Wildman–Crippen LogP) is -2.38. The van der Waals surface area contributed by atoms with E-state index >= 15 is 0 Å². The van der Waals surface area contributed by atoms with Crippen molar-refractivity contribution < 1.29 is 13.2 Å². The molecule has 0 aromatic heterocycles. The lowest BCUT2D eigenvalue weighted by Gasteiger charge is -2.23. The fourth-order valence-corrected chi connectivity index (χ4v) is 1.48. The first-order valence-electron chi connectivity index (χ1n) is 3.05. The maximum atomic E-state index is 10.7. The maximum absolute atomic E-state index is 10.7. The highest BCUT2D eigenvalue weighted by Crippen LogP contribution is 1.96. The van der Waals surface area contributed by atoms with Gasteiger partial charge in [0, 0.05) is 13.1 Å². The normalized spacial score (nSPS) is 21.4. The molecule has 0 spiro atoms. The zero-order chi connectivity index (χ0) is 8.48. The maximum Gasteiger partial charge on any atom is 0.277 e. The van der Waals surface area contributed by atoms with Crippen LogP contribution in [0.1, 0.15) is 0 Å². The van der Waals surface area contributed by atoms with Crippen LogP contribution in [-0.4, -0.2) is 38.3 Å². The van der Waals surface area contributed by atoms with Crippen molar-refractivity contribution in [1.29, 1.82) is 0 Å². The molecule has 0 aromatic rings. The van der Waals surface area contributed by atoms with Gasteiger partial charge in [-0.05, 0) is 0 Å². The lowest BCUT2D eigenvalue weighted by molar-refractivity contribution is -0.122. The number of hydrogen-bond donors (Lipinski definition) is 2. The highest BCUT2D eigenvalue weighted by molar-refractivity contribution is 7.86. The molecule has 7 heteroatoms. The van der Waals surface area contributed by atoms with Gasteiger partial charge in [-0.3, -0.25) is 4.79 Å². The molecule has 1 fully saturated rings. The van der Waals surface area contributed by atoms with Crippen molar-refractivity contribution in [2.45, 2.75) is 0 Å². The molecule has 0 aromatic carbocycles. The molecule has 0 saturated carbocycles. The molecule has 0 aliphatic carbocycles. The van der Waals surface area contributed by atoms with Gasteiger partial charge in [0.1, 0.15) is 0 Å². The largest absolute Gasteiger partial charge is 0.354 e. The minimum atomic E-state index is -3.69. The van der Waals surface area contributed by atoms with Gasteiger partial charge >= 0.3 is 0 Å². The Kier molecular flexibility index (Phi) is 2.12. The third kappa shape index (κ3) is 2.14. The third-order valence-electron chi connectivity index (χ3n) is 1.36. The molecular weight excluding hydrogens is 170 g/mol. The molecule has 1 rings (SSSR count). The average molecular weight is 179 g/mol. The van der Waals surface area contributed by atoms with E-state index in [4.69, 9.17) is 5.14 Å². The zero-order valence-corrected chi connectivity index (χ0v) is 6.60. The van der Waals surface area contributed by atoms with Crippen LogP contribution in [-0.2, 0) is 15.0 Å². The Morgan fingerprint density at radius 1 is 1.55 bits per heavy atom. The van der Waals surface area contributed by atoms with E-state index in [9.17, 15) is 13.2 Å². The second-order valence-electron chi connectivity index (χ2n) is 2.23. The summed E-state index contributed by atoms with van der Waals surface area (Å²) < 4.78 is 22.2. The number of nitrogens with zero attached hydrogens (tertiary/aromatic N) is 1. The number of carbonyl (C=O) groups excluding carboxylic acids is 1. The minimum absolute atomic E-state index is 0.168. The van der Waals surface area contributed by atoms with Crippen molar-refractivity contribution in [3.8, 4) is 0 Å². The molecule has 64 valence electrons. The van der Waals surface area contributed by atoms with Gasteiger partial charge < -0.3 is 5.32 Å². The fraction of sp³-hybridized carbons (Fsp3) is 0.750. The fourth-order valence-electron chi connectivity index (χ4n) is 0.832. The molecule has 3 N–H and O–H groups in total. The standard InChI is InChI=1S/C4H9N3O3S/c5-11(9,10)7-2-1-6-4(8)3-7/h1-3H2,(H,6,8)(H2,5,9,10). The van der Waals surface area contributed by atoms with E-state index in [0.717, 1.165) is 4.31 Å². The number of piperazine rings is 1.